The van der Waals surface area contributed by atoms with E-state index in [1.165, 1.54) is 18.2 Å². The Hall–Kier alpha value is -1.42. The number of benzene rings is 1. The molecule has 2 N–H and O–H groups in total. The van der Waals surface area contributed by atoms with E-state index in [0.717, 1.165) is 12.8 Å². The number of carbonyl (C=O) groups excluding carboxylic acids is 1. The summed E-state index contributed by atoms with van der Waals surface area (Å²) >= 11 is 5.79. The zero-order valence-electron chi connectivity index (χ0n) is 9.97. The van der Waals surface area contributed by atoms with Crippen LogP contribution in [-0.4, -0.2) is 40.0 Å². The first-order valence-electron chi connectivity index (χ1n) is 5.99. The lowest BCUT2D eigenvalue weighted by Crippen LogP contribution is -2.38. The SMILES string of the molecule is O=C(c1c(O)cccc1O)N1CCC(CCl)CC1. The molecule has 1 saturated heterocycles. The van der Waals surface area contributed by atoms with E-state index in [1.54, 1.807) is 4.90 Å². The Morgan fingerprint density at radius 2 is 1.83 bits per heavy atom. The summed E-state index contributed by atoms with van der Waals surface area (Å²) in [6.07, 6.45) is 1.73. The van der Waals surface area contributed by atoms with Gasteiger partial charge in [0.05, 0.1) is 0 Å². The molecule has 0 aromatic heterocycles. The Morgan fingerprint density at radius 1 is 1.28 bits per heavy atom. The van der Waals surface area contributed by atoms with Gasteiger partial charge >= 0.3 is 0 Å². The van der Waals surface area contributed by atoms with Crippen molar-refractivity contribution in [2.24, 2.45) is 5.92 Å². The van der Waals surface area contributed by atoms with Crippen LogP contribution in [0.1, 0.15) is 23.2 Å². The lowest BCUT2D eigenvalue weighted by Gasteiger charge is -2.31. The van der Waals surface area contributed by atoms with Crippen LogP contribution >= 0.6 is 11.6 Å². The average Bonchev–Trinajstić information content (AvgIpc) is 2.38. The highest BCUT2D eigenvalue weighted by Crippen LogP contribution is 2.29. The second-order valence-electron chi connectivity index (χ2n) is 4.56. The van der Waals surface area contributed by atoms with Crippen molar-refractivity contribution in [1.82, 2.24) is 4.90 Å². The first kappa shape index (κ1) is 13.0. The van der Waals surface area contributed by atoms with E-state index in [2.05, 4.69) is 0 Å². The molecule has 18 heavy (non-hydrogen) atoms. The maximum atomic E-state index is 12.2. The number of likely N-dealkylation sites (tertiary alicyclic amines) is 1. The summed E-state index contributed by atoms with van der Waals surface area (Å²) in [5.41, 5.74) is -0.0122. The van der Waals surface area contributed by atoms with Crippen molar-refractivity contribution in [3.63, 3.8) is 0 Å². The van der Waals surface area contributed by atoms with Gasteiger partial charge in [-0.1, -0.05) is 6.07 Å². The minimum Gasteiger partial charge on any atom is -0.507 e. The van der Waals surface area contributed by atoms with Crippen molar-refractivity contribution in [3.05, 3.63) is 23.8 Å². The fourth-order valence-corrected chi connectivity index (χ4v) is 2.50. The molecule has 0 spiro atoms. The van der Waals surface area contributed by atoms with Crippen LogP contribution in [0.4, 0.5) is 0 Å². The van der Waals surface area contributed by atoms with Gasteiger partial charge in [0.1, 0.15) is 17.1 Å². The largest absolute Gasteiger partial charge is 0.507 e. The van der Waals surface area contributed by atoms with E-state index in [4.69, 9.17) is 11.6 Å². The van der Waals surface area contributed by atoms with Crippen molar-refractivity contribution in [1.29, 1.82) is 0 Å². The van der Waals surface area contributed by atoms with Gasteiger partial charge in [-0.05, 0) is 30.9 Å². The fourth-order valence-electron chi connectivity index (χ4n) is 2.20. The van der Waals surface area contributed by atoms with Crippen molar-refractivity contribution in [3.8, 4) is 11.5 Å². The van der Waals surface area contributed by atoms with Gasteiger partial charge in [0.25, 0.3) is 5.91 Å². The van der Waals surface area contributed by atoms with Gasteiger partial charge < -0.3 is 15.1 Å². The summed E-state index contributed by atoms with van der Waals surface area (Å²) in [5, 5.41) is 19.3. The number of aromatic hydroxyl groups is 2. The average molecular weight is 270 g/mol. The van der Waals surface area contributed by atoms with E-state index in [0.29, 0.717) is 24.9 Å². The van der Waals surface area contributed by atoms with Gasteiger partial charge in [-0.25, -0.2) is 0 Å². The Bertz CT molecular complexity index is 422. The van der Waals surface area contributed by atoms with Crippen LogP contribution in [0.2, 0.25) is 0 Å². The third-order valence-corrected chi connectivity index (χ3v) is 3.79. The van der Waals surface area contributed by atoms with Crippen LogP contribution in [0.15, 0.2) is 18.2 Å². The number of rotatable bonds is 2. The second kappa shape index (κ2) is 5.48. The molecular weight excluding hydrogens is 254 g/mol. The highest BCUT2D eigenvalue weighted by Gasteiger charge is 2.26. The van der Waals surface area contributed by atoms with E-state index < -0.39 is 0 Å². The maximum absolute atomic E-state index is 12.2. The summed E-state index contributed by atoms with van der Waals surface area (Å²) in [7, 11) is 0. The number of alkyl halides is 1. The summed E-state index contributed by atoms with van der Waals surface area (Å²) in [6, 6.07) is 4.30. The minimum absolute atomic E-state index is 0.0122. The van der Waals surface area contributed by atoms with Gasteiger partial charge in [-0.15, -0.1) is 11.6 Å². The molecule has 1 aromatic rings. The molecule has 1 amide bonds. The number of hydrogen-bond donors (Lipinski definition) is 2. The monoisotopic (exact) mass is 269 g/mol. The molecule has 1 heterocycles. The lowest BCUT2D eigenvalue weighted by atomic mass is 9.98. The van der Waals surface area contributed by atoms with E-state index in [-0.39, 0.29) is 23.0 Å². The molecule has 0 bridgehead atoms. The summed E-state index contributed by atoms with van der Waals surface area (Å²) in [5.74, 6) is 0.385. The lowest BCUT2D eigenvalue weighted by molar-refractivity contribution is 0.0692. The van der Waals surface area contributed by atoms with Crippen LogP contribution in [0.3, 0.4) is 0 Å². The third kappa shape index (κ3) is 2.53. The highest BCUT2D eigenvalue weighted by molar-refractivity contribution is 6.18. The quantitative estimate of drug-likeness (QED) is 0.809. The van der Waals surface area contributed by atoms with Crippen LogP contribution in [-0.2, 0) is 0 Å². The maximum Gasteiger partial charge on any atom is 0.261 e. The van der Waals surface area contributed by atoms with Gasteiger partial charge in [0.15, 0.2) is 0 Å². The first-order valence-corrected chi connectivity index (χ1v) is 6.53. The van der Waals surface area contributed by atoms with Crippen molar-refractivity contribution < 1.29 is 15.0 Å². The number of phenolic OH excluding ortho intramolecular Hbond substituents is 2. The zero-order chi connectivity index (χ0) is 13.1. The van der Waals surface area contributed by atoms with Crippen LogP contribution in [0.25, 0.3) is 0 Å². The molecule has 2 rings (SSSR count). The first-order chi connectivity index (χ1) is 8.63. The zero-order valence-corrected chi connectivity index (χ0v) is 10.7. The minimum atomic E-state index is -0.321. The summed E-state index contributed by atoms with van der Waals surface area (Å²) in [6.45, 7) is 1.23. The molecule has 1 aliphatic heterocycles. The fraction of sp³-hybridized carbons (Fsp3) is 0.462. The number of phenols is 2. The van der Waals surface area contributed by atoms with E-state index in [9.17, 15) is 15.0 Å². The summed E-state index contributed by atoms with van der Waals surface area (Å²) in [4.78, 5) is 13.9. The molecule has 1 aromatic carbocycles. The Balaban J connectivity index is 2.13. The predicted octanol–water partition coefficient (Wildman–Crippen LogP) is 2.19. The number of amides is 1. The molecule has 1 fully saturated rings. The molecule has 0 unspecified atom stereocenters. The van der Waals surface area contributed by atoms with Crippen LogP contribution in [0.5, 0.6) is 11.5 Å². The van der Waals surface area contributed by atoms with Gasteiger partial charge in [-0.2, -0.15) is 0 Å². The standard InChI is InChI=1S/C13H16ClNO3/c14-8-9-4-6-15(7-5-9)13(18)12-10(16)2-1-3-11(12)17/h1-3,9,16-17H,4-8H2. The van der Waals surface area contributed by atoms with Gasteiger partial charge in [-0.3, -0.25) is 4.79 Å². The van der Waals surface area contributed by atoms with E-state index >= 15 is 0 Å². The molecule has 1 aliphatic rings. The normalized spacial score (nSPS) is 16.8. The molecular formula is C13H16ClNO3. The van der Waals surface area contributed by atoms with Crippen molar-refractivity contribution in [2.45, 2.75) is 12.8 Å². The molecule has 0 radical (unpaired) electrons. The van der Waals surface area contributed by atoms with Gasteiger partial charge in [0, 0.05) is 19.0 Å². The Morgan fingerprint density at radius 3 is 2.33 bits per heavy atom. The third-order valence-electron chi connectivity index (χ3n) is 3.35. The van der Waals surface area contributed by atoms with Crippen molar-refractivity contribution >= 4 is 17.5 Å². The molecule has 4 nitrogen and oxygen atoms in total. The van der Waals surface area contributed by atoms with Gasteiger partial charge in [0.2, 0.25) is 0 Å². The number of carbonyl (C=O) groups is 1. The molecule has 5 heteroatoms. The number of hydrogen-bond acceptors (Lipinski definition) is 3. The van der Waals surface area contributed by atoms with E-state index in [1.807, 2.05) is 0 Å². The molecule has 98 valence electrons. The van der Waals surface area contributed by atoms with Crippen molar-refractivity contribution in [2.75, 3.05) is 19.0 Å². The molecule has 0 aliphatic carbocycles. The topological polar surface area (TPSA) is 60.8 Å². The Kier molecular flexibility index (Phi) is 3.97. The smallest absolute Gasteiger partial charge is 0.261 e. The van der Waals surface area contributed by atoms with Crippen LogP contribution < -0.4 is 0 Å². The number of halogens is 1. The molecule has 0 atom stereocenters. The summed E-state index contributed by atoms with van der Waals surface area (Å²) < 4.78 is 0. The second-order valence-corrected chi connectivity index (χ2v) is 4.87. The molecule has 0 saturated carbocycles. The van der Waals surface area contributed by atoms with Crippen LogP contribution in [0, 0.1) is 5.92 Å². The Labute approximate surface area is 111 Å². The predicted molar refractivity (Wildman–Crippen MR) is 69.1 cm³/mol. The number of piperidine rings is 1. The number of nitrogens with zero attached hydrogens (tertiary/aromatic N) is 1. The highest BCUT2D eigenvalue weighted by atomic mass is 35.5.